The lowest BCUT2D eigenvalue weighted by molar-refractivity contribution is -0.137. The molecule has 176 valence electrons. The van der Waals surface area contributed by atoms with Crippen molar-refractivity contribution in [2.45, 2.75) is 76.3 Å². The third kappa shape index (κ3) is 6.35. The summed E-state index contributed by atoms with van der Waals surface area (Å²) in [6, 6.07) is 1.39. The SMILES string of the molecule is CN=C(NCCN1CCN(C(=O)C2CCCC2)CC1)NC1CCN(C2CCCC2)CC1. The van der Waals surface area contributed by atoms with Crippen molar-refractivity contribution in [3.63, 3.8) is 0 Å². The quantitative estimate of drug-likeness (QED) is 0.496. The summed E-state index contributed by atoms with van der Waals surface area (Å²) in [5.41, 5.74) is 0. The maximum Gasteiger partial charge on any atom is 0.225 e. The van der Waals surface area contributed by atoms with E-state index in [-0.39, 0.29) is 0 Å². The first-order chi connectivity index (χ1) is 15.2. The van der Waals surface area contributed by atoms with Crippen LogP contribution in [0.15, 0.2) is 4.99 Å². The van der Waals surface area contributed by atoms with E-state index in [4.69, 9.17) is 0 Å². The maximum atomic E-state index is 12.6. The number of hydrogen-bond donors (Lipinski definition) is 2. The van der Waals surface area contributed by atoms with Crippen LogP contribution >= 0.6 is 0 Å². The number of carbonyl (C=O) groups is 1. The highest BCUT2D eigenvalue weighted by Crippen LogP contribution is 2.27. The molecule has 0 unspecified atom stereocenters. The molecule has 0 bridgehead atoms. The molecule has 2 aliphatic carbocycles. The van der Waals surface area contributed by atoms with E-state index in [1.54, 1.807) is 0 Å². The van der Waals surface area contributed by atoms with E-state index in [0.29, 0.717) is 17.9 Å². The van der Waals surface area contributed by atoms with Crippen molar-refractivity contribution in [3.8, 4) is 0 Å². The summed E-state index contributed by atoms with van der Waals surface area (Å²) >= 11 is 0. The normalized spacial score (nSPS) is 26.0. The Morgan fingerprint density at radius 3 is 2.16 bits per heavy atom. The number of nitrogens with zero attached hydrogens (tertiary/aromatic N) is 4. The van der Waals surface area contributed by atoms with E-state index < -0.39 is 0 Å². The topological polar surface area (TPSA) is 63.2 Å². The molecule has 31 heavy (non-hydrogen) atoms. The monoisotopic (exact) mass is 432 g/mol. The highest BCUT2D eigenvalue weighted by atomic mass is 16.2. The molecular weight excluding hydrogens is 388 g/mol. The Hall–Kier alpha value is -1.34. The van der Waals surface area contributed by atoms with Crippen LogP contribution < -0.4 is 10.6 Å². The number of piperazine rings is 1. The van der Waals surface area contributed by atoms with E-state index in [9.17, 15) is 4.79 Å². The van der Waals surface area contributed by atoms with Gasteiger partial charge in [-0.3, -0.25) is 14.7 Å². The molecule has 0 radical (unpaired) electrons. The molecule has 2 N–H and O–H groups in total. The molecule has 0 aromatic heterocycles. The zero-order valence-electron chi connectivity index (χ0n) is 19.7. The molecule has 2 heterocycles. The minimum Gasteiger partial charge on any atom is -0.355 e. The number of carbonyl (C=O) groups excluding carboxylic acids is 1. The Morgan fingerprint density at radius 1 is 0.871 bits per heavy atom. The number of guanidine groups is 1. The summed E-state index contributed by atoms with van der Waals surface area (Å²) in [6.45, 7) is 8.12. The van der Waals surface area contributed by atoms with E-state index in [1.165, 1.54) is 64.5 Å². The lowest BCUT2D eigenvalue weighted by Crippen LogP contribution is -2.53. The minimum absolute atomic E-state index is 0.313. The van der Waals surface area contributed by atoms with Crippen LogP contribution in [0.4, 0.5) is 0 Å². The van der Waals surface area contributed by atoms with Crippen LogP contribution in [-0.2, 0) is 4.79 Å². The maximum absolute atomic E-state index is 12.6. The van der Waals surface area contributed by atoms with Crippen LogP contribution in [0.3, 0.4) is 0 Å². The average molecular weight is 433 g/mol. The number of hydrogen-bond acceptors (Lipinski definition) is 4. The molecule has 2 aliphatic heterocycles. The zero-order chi connectivity index (χ0) is 21.5. The molecule has 4 fully saturated rings. The Balaban J connectivity index is 1.09. The van der Waals surface area contributed by atoms with Crippen molar-refractivity contribution in [2.24, 2.45) is 10.9 Å². The minimum atomic E-state index is 0.313. The summed E-state index contributed by atoms with van der Waals surface area (Å²) < 4.78 is 0. The molecule has 0 aromatic carbocycles. The van der Waals surface area contributed by atoms with E-state index >= 15 is 0 Å². The highest BCUT2D eigenvalue weighted by Gasteiger charge is 2.30. The lowest BCUT2D eigenvalue weighted by Gasteiger charge is -2.37. The van der Waals surface area contributed by atoms with Gasteiger partial charge >= 0.3 is 0 Å². The van der Waals surface area contributed by atoms with Gasteiger partial charge in [0.25, 0.3) is 0 Å². The van der Waals surface area contributed by atoms with Gasteiger partial charge in [-0.2, -0.15) is 0 Å². The molecule has 4 aliphatic rings. The predicted molar refractivity (Wildman–Crippen MR) is 126 cm³/mol. The number of rotatable bonds is 6. The van der Waals surface area contributed by atoms with Crippen molar-refractivity contribution in [3.05, 3.63) is 0 Å². The summed E-state index contributed by atoms with van der Waals surface area (Å²) in [4.78, 5) is 24.4. The molecular formula is C24H44N6O. The molecule has 1 amide bonds. The van der Waals surface area contributed by atoms with Crippen molar-refractivity contribution >= 4 is 11.9 Å². The van der Waals surface area contributed by atoms with Gasteiger partial charge in [0.1, 0.15) is 0 Å². The van der Waals surface area contributed by atoms with Crippen LogP contribution in [-0.4, -0.2) is 98.1 Å². The van der Waals surface area contributed by atoms with Crippen LogP contribution in [0.2, 0.25) is 0 Å². The smallest absolute Gasteiger partial charge is 0.225 e. The number of nitrogens with one attached hydrogen (secondary N) is 2. The van der Waals surface area contributed by atoms with E-state index in [0.717, 1.165) is 64.1 Å². The van der Waals surface area contributed by atoms with Gasteiger partial charge in [-0.25, -0.2) is 0 Å². The Morgan fingerprint density at radius 2 is 1.52 bits per heavy atom. The van der Waals surface area contributed by atoms with Gasteiger partial charge in [-0.15, -0.1) is 0 Å². The molecule has 2 saturated carbocycles. The largest absolute Gasteiger partial charge is 0.355 e. The fraction of sp³-hybridized carbons (Fsp3) is 0.917. The number of amides is 1. The molecule has 2 saturated heterocycles. The van der Waals surface area contributed by atoms with E-state index in [1.807, 2.05) is 7.05 Å². The second-order valence-electron chi connectivity index (χ2n) is 10.0. The van der Waals surface area contributed by atoms with Crippen molar-refractivity contribution < 1.29 is 4.79 Å². The molecule has 0 aromatic rings. The van der Waals surface area contributed by atoms with Gasteiger partial charge < -0.3 is 20.4 Å². The van der Waals surface area contributed by atoms with Crippen molar-refractivity contribution in [2.75, 3.05) is 59.4 Å². The van der Waals surface area contributed by atoms with Gasteiger partial charge in [0.2, 0.25) is 5.91 Å². The fourth-order valence-corrected chi connectivity index (χ4v) is 6.02. The summed E-state index contributed by atoms with van der Waals surface area (Å²) in [6.07, 6.45) is 12.8. The second-order valence-corrected chi connectivity index (χ2v) is 10.0. The number of likely N-dealkylation sites (tertiary alicyclic amines) is 1. The Labute approximate surface area is 189 Å². The van der Waals surface area contributed by atoms with Gasteiger partial charge in [0.15, 0.2) is 5.96 Å². The Kier molecular flexibility index (Phi) is 8.48. The summed E-state index contributed by atoms with van der Waals surface area (Å²) in [7, 11) is 1.87. The van der Waals surface area contributed by atoms with Gasteiger partial charge in [-0.1, -0.05) is 25.7 Å². The first kappa shape index (κ1) is 22.8. The number of aliphatic imine (C=N–C) groups is 1. The Bertz CT molecular complexity index is 583. The van der Waals surface area contributed by atoms with Gasteiger partial charge in [0.05, 0.1) is 0 Å². The summed E-state index contributed by atoms with van der Waals surface area (Å²) in [5.74, 6) is 1.67. The van der Waals surface area contributed by atoms with Crippen LogP contribution in [0, 0.1) is 5.92 Å². The highest BCUT2D eigenvalue weighted by molar-refractivity contribution is 5.80. The molecule has 4 rings (SSSR count). The first-order valence-corrected chi connectivity index (χ1v) is 13.0. The fourth-order valence-electron chi connectivity index (χ4n) is 6.02. The van der Waals surface area contributed by atoms with Crippen LogP contribution in [0.25, 0.3) is 0 Å². The van der Waals surface area contributed by atoms with Crippen LogP contribution in [0.1, 0.15) is 64.2 Å². The average Bonchev–Trinajstić information content (AvgIpc) is 3.53. The first-order valence-electron chi connectivity index (χ1n) is 13.0. The third-order valence-corrected chi connectivity index (χ3v) is 8.04. The van der Waals surface area contributed by atoms with Gasteiger partial charge in [0, 0.05) is 77.4 Å². The molecule has 0 spiro atoms. The molecule has 7 nitrogen and oxygen atoms in total. The van der Waals surface area contributed by atoms with Crippen molar-refractivity contribution in [1.82, 2.24) is 25.3 Å². The lowest BCUT2D eigenvalue weighted by atomic mass is 10.0. The van der Waals surface area contributed by atoms with Gasteiger partial charge in [-0.05, 0) is 38.5 Å². The third-order valence-electron chi connectivity index (χ3n) is 8.04. The van der Waals surface area contributed by atoms with E-state index in [2.05, 4.69) is 30.3 Å². The van der Waals surface area contributed by atoms with Crippen molar-refractivity contribution in [1.29, 1.82) is 0 Å². The summed E-state index contributed by atoms with van der Waals surface area (Å²) in [5, 5.41) is 7.16. The number of piperidine rings is 1. The standard InChI is InChI=1S/C24H44N6O/c1-25-24(27-21-10-13-29(14-11-21)22-8-4-5-9-22)26-12-15-28-16-18-30(19-17-28)23(31)20-6-2-3-7-20/h20-22H,2-19H2,1H3,(H2,25,26,27). The molecule has 0 atom stereocenters. The zero-order valence-corrected chi connectivity index (χ0v) is 19.7. The van der Waals surface area contributed by atoms with Crippen LogP contribution in [0.5, 0.6) is 0 Å². The second kappa shape index (κ2) is 11.5. The molecule has 7 heteroatoms. The predicted octanol–water partition coefficient (Wildman–Crippen LogP) is 1.89.